The molecule has 0 bridgehead atoms. The van der Waals surface area contributed by atoms with E-state index in [2.05, 4.69) is 58.6 Å². The molecular formula is C33H45N5O2. The number of carboxylic acid groups (broad SMARTS) is 1. The van der Waals surface area contributed by atoms with Crippen LogP contribution in [0, 0.1) is 5.92 Å². The number of hydrogen-bond donors (Lipinski definition) is 5. The average Bonchev–Trinajstić information content (AvgIpc) is 3.45. The molecule has 3 atom stereocenters. The lowest BCUT2D eigenvalue weighted by atomic mass is 9.69. The minimum atomic E-state index is -0.997. The van der Waals surface area contributed by atoms with Crippen LogP contribution in [0.5, 0.6) is 0 Å². The predicted octanol–water partition coefficient (Wildman–Crippen LogP) is 6.72. The lowest BCUT2D eigenvalue weighted by Crippen LogP contribution is -2.32. The Hall–Kier alpha value is -3.74. The van der Waals surface area contributed by atoms with Crippen LogP contribution in [0.4, 0.5) is 5.82 Å². The predicted molar refractivity (Wildman–Crippen MR) is 166 cm³/mol. The van der Waals surface area contributed by atoms with Crippen molar-refractivity contribution in [2.45, 2.75) is 83.1 Å². The van der Waals surface area contributed by atoms with Crippen molar-refractivity contribution in [1.29, 1.82) is 0 Å². The van der Waals surface area contributed by atoms with E-state index < -0.39 is 5.97 Å². The van der Waals surface area contributed by atoms with E-state index in [-0.39, 0.29) is 18.5 Å². The Labute approximate surface area is 238 Å². The number of nitrogens with two attached hydrogens (primary N) is 2. The molecule has 0 aliphatic heterocycles. The number of H-pyrrole nitrogens is 1. The summed E-state index contributed by atoms with van der Waals surface area (Å²) in [6, 6.07) is 17.1. The summed E-state index contributed by atoms with van der Waals surface area (Å²) in [5.41, 5.74) is 14.9. The topological polar surface area (TPSA) is 130 Å². The third kappa shape index (κ3) is 8.13. The first-order chi connectivity index (χ1) is 19.4. The SMILES string of the molecule is CCCCCCCCC1c2cc3ccccc3cc2CCC1CC(Nc1ccc[nH]1)C(=CC(=O)O)CN=C(N)N. The molecule has 0 saturated carbocycles. The van der Waals surface area contributed by atoms with E-state index in [9.17, 15) is 9.90 Å². The van der Waals surface area contributed by atoms with Gasteiger partial charge in [0.05, 0.1) is 12.6 Å². The van der Waals surface area contributed by atoms with Gasteiger partial charge in [0.2, 0.25) is 0 Å². The van der Waals surface area contributed by atoms with Gasteiger partial charge in [-0.25, -0.2) is 9.79 Å². The minimum Gasteiger partial charge on any atom is -0.478 e. The van der Waals surface area contributed by atoms with E-state index in [0.29, 0.717) is 17.4 Å². The number of aliphatic imine (C=N–C) groups is 1. The molecule has 0 radical (unpaired) electrons. The Morgan fingerprint density at radius 1 is 1.10 bits per heavy atom. The van der Waals surface area contributed by atoms with E-state index in [0.717, 1.165) is 31.5 Å². The molecule has 214 valence electrons. The lowest BCUT2D eigenvalue weighted by Gasteiger charge is -2.37. The standard InChI is InChI=1S/C33H45N5O2/c1-2-3-4-5-6-7-13-28-26(16-15-25-18-23-11-8-9-12-24(23)19-29(25)28)20-30(38-31-14-10-17-36-31)27(21-32(39)40)22-37-33(34)35/h8-12,14,17-19,21,26,28,30,36,38H,2-7,13,15-16,20,22H2,1H3,(H,39,40)(H4,34,35,37). The third-order valence-corrected chi connectivity index (χ3v) is 8.30. The number of unbranched alkanes of at least 4 members (excludes halogenated alkanes) is 5. The molecule has 2 aromatic carbocycles. The highest BCUT2D eigenvalue weighted by Gasteiger charge is 2.32. The van der Waals surface area contributed by atoms with Crippen LogP contribution in [0.2, 0.25) is 0 Å². The van der Waals surface area contributed by atoms with Crippen LogP contribution < -0.4 is 16.8 Å². The van der Waals surface area contributed by atoms with Gasteiger partial charge in [-0.2, -0.15) is 0 Å². The fraction of sp³-hybridized carbons (Fsp3) is 0.455. The summed E-state index contributed by atoms with van der Waals surface area (Å²) in [4.78, 5) is 19.2. The summed E-state index contributed by atoms with van der Waals surface area (Å²) in [6.07, 6.45) is 14.8. The van der Waals surface area contributed by atoms with Gasteiger partial charge >= 0.3 is 5.97 Å². The maximum Gasteiger partial charge on any atom is 0.328 e. The summed E-state index contributed by atoms with van der Waals surface area (Å²) in [7, 11) is 0. The second-order valence-electron chi connectivity index (χ2n) is 11.2. The van der Waals surface area contributed by atoms with Crippen molar-refractivity contribution in [2.75, 3.05) is 11.9 Å². The first kappa shape index (κ1) is 29.2. The molecule has 1 heterocycles. The van der Waals surface area contributed by atoms with Gasteiger partial charge in [0, 0.05) is 12.3 Å². The van der Waals surface area contributed by atoms with Gasteiger partial charge in [-0.15, -0.1) is 0 Å². The van der Waals surface area contributed by atoms with Crippen LogP contribution in [-0.4, -0.2) is 34.6 Å². The highest BCUT2D eigenvalue weighted by molar-refractivity contribution is 5.84. The van der Waals surface area contributed by atoms with E-state index in [1.165, 1.54) is 66.5 Å². The molecule has 7 N–H and O–H groups in total. The van der Waals surface area contributed by atoms with Crippen molar-refractivity contribution in [2.24, 2.45) is 22.4 Å². The third-order valence-electron chi connectivity index (χ3n) is 8.30. The number of anilines is 1. The molecule has 40 heavy (non-hydrogen) atoms. The maximum absolute atomic E-state index is 11.8. The van der Waals surface area contributed by atoms with Gasteiger partial charge in [0.15, 0.2) is 5.96 Å². The number of guanidine groups is 1. The highest BCUT2D eigenvalue weighted by Crippen LogP contribution is 2.44. The minimum absolute atomic E-state index is 0.0469. The van der Waals surface area contributed by atoms with Crippen molar-refractivity contribution < 1.29 is 9.90 Å². The smallest absolute Gasteiger partial charge is 0.328 e. The number of fused-ring (bicyclic) bond motifs is 2. The van der Waals surface area contributed by atoms with Crippen molar-refractivity contribution >= 4 is 28.5 Å². The number of aromatic amines is 1. The summed E-state index contributed by atoms with van der Waals surface area (Å²) in [5, 5.41) is 15.8. The lowest BCUT2D eigenvalue weighted by molar-refractivity contribution is -0.131. The number of carboxylic acids is 1. The largest absolute Gasteiger partial charge is 0.478 e. The fourth-order valence-corrected chi connectivity index (χ4v) is 6.29. The normalized spacial score (nSPS) is 17.8. The summed E-state index contributed by atoms with van der Waals surface area (Å²) < 4.78 is 0. The van der Waals surface area contributed by atoms with Crippen LogP contribution in [0.25, 0.3) is 10.8 Å². The van der Waals surface area contributed by atoms with Gasteiger partial charge in [0.25, 0.3) is 0 Å². The zero-order valence-corrected chi connectivity index (χ0v) is 23.7. The molecule has 3 unspecified atom stereocenters. The Kier molecular flexibility index (Phi) is 10.7. The van der Waals surface area contributed by atoms with Crippen LogP contribution >= 0.6 is 0 Å². The van der Waals surface area contributed by atoms with E-state index in [1.807, 2.05) is 18.3 Å². The average molecular weight is 544 g/mol. The molecule has 0 saturated heterocycles. The van der Waals surface area contributed by atoms with Crippen LogP contribution in [0.3, 0.4) is 0 Å². The monoisotopic (exact) mass is 543 g/mol. The Balaban J connectivity index is 1.64. The van der Waals surface area contributed by atoms with Gasteiger partial charge in [0.1, 0.15) is 5.82 Å². The molecule has 7 nitrogen and oxygen atoms in total. The zero-order chi connectivity index (χ0) is 28.3. The molecule has 7 heteroatoms. The van der Waals surface area contributed by atoms with Crippen molar-refractivity contribution in [1.82, 2.24) is 4.98 Å². The Bertz CT molecular complexity index is 1290. The first-order valence-corrected chi connectivity index (χ1v) is 14.8. The molecule has 3 aromatic rings. The number of hydrogen-bond acceptors (Lipinski definition) is 3. The van der Waals surface area contributed by atoms with E-state index in [1.54, 1.807) is 0 Å². The van der Waals surface area contributed by atoms with Gasteiger partial charge in [-0.05, 0) is 77.1 Å². The molecular weight excluding hydrogens is 498 g/mol. The van der Waals surface area contributed by atoms with Crippen molar-refractivity contribution in [3.8, 4) is 0 Å². The van der Waals surface area contributed by atoms with Gasteiger partial charge in [-0.1, -0.05) is 81.8 Å². The van der Waals surface area contributed by atoms with E-state index >= 15 is 0 Å². The number of aryl methyl sites for hydroxylation is 1. The quantitative estimate of drug-likeness (QED) is 0.0629. The Morgan fingerprint density at radius 3 is 2.55 bits per heavy atom. The molecule has 1 aromatic heterocycles. The number of aromatic nitrogens is 1. The van der Waals surface area contributed by atoms with E-state index in [4.69, 9.17) is 11.5 Å². The zero-order valence-electron chi connectivity index (χ0n) is 23.7. The second-order valence-corrected chi connectivity index (χ2v) is 11.2. The van der Waals surface area contributed by atoms with Crippen molar-refractivity contribution in [3.05, 3.63) is 77.5 Å². The molecule has 0 amide bonds. The number of rotatable bonds is 15. The number of nitrogens with zero attached hydrogens (tertiary/aromatic N) is 1. The van der Waals surface area contributed by atoms with Crippen LogP contribution in [0.15, 0.2) is 71.4 Å². The number of benzene rings is 2. The molecule has 1 aliphatic rings. The molecule has 0 spiro atoms. The molecule has 1 aliphatic carbocycles. The molecule has 0 fully saturated rings. The summed E-state index contributed by atoms with van der Waals surface area (Å²) >= 11 is 0. The van der Waals surface area contributed by atoms with Gasteiger partial charge < -0.3 is 26.9 Å². The van der Waals surface area contributed by atoms with Gasteiger partial charge in [-0.3, -0.25) is 0 Å². The van der Waals surface area contributed by atoms with Crippen LogP contribution in [-0.2, 0) is 11.2 Å². The maximum atomic E-state index is 11.8. The number of nitrogens with one attached hydrogen (secondary N) is 2. The number of carbonyl (C=O) groups is 1. The first-order valence-electron chi connectivity index (χ1n) is 14.8. The molecule has 4 rings (SSSR count). The highest BCUT2D eigenvalue weighted by atomic mass is 16.4. The Morgan fingerprint density at radius 2 is 1.85 bits per heavy atom. The van der Waals surface area contributed by atoms with Crippen LogP contribution in [0.1, 0.15) is 81.8 Å². The summed E-state index contributed by atoms with van der Waals surface area (Å²) in [6.45, 7) is 2.40. The summed E-state index contributed by atoms with van der Waals surface area (Å²) in [5.74, 6) is 0.618. The van der Waals surface area contributed by atoms with Crippen molar-refractivity contribution in [3.63, 3.8) is 0 Å². The fourth-order valence-electron chi connectivity index (χ4n) is 6.29. The second kappa shape index (κ2) is 14.6. The number of aliphatic carboxylic acids is 1.